The Kier molecular flexibility index (Phi) is 4.13. The molecule has 1 aromatic carbocycles. The van der Waals surface area contributed by atoms with Crippen molar-refractivity contribution < 1.29 is 15.0 Å². The summed E-state index contributed by atoms with van der Waals surface area (Å²) in [5.41, 5.74) is 5.86. The predicted octanol–water partition coefficient (Wildman–Crippen LogP) is 3.30. The molecule has 0 aliphatic heterocycles. The number of aliphatic carboxylic acids is 1. The van der Waals surface area contributed by atoms with Gasteiger partial charge in [-0.25, -0.2) is 0 Å². The number of benzene rings is 1. The highest BCUT2D eigenvalue weighted by atomic mass is 16.4. The van der Waals surface area contributed by atoms with Gasteiger partial charge in [0.25, 0.3) is 0 Å². The molecule has 1 aliphatic rings. The zero-order valence-corrected chi connectivity index (χ0v) is 11.8. The molecule has 1 aliphatic carbocycles. The summed E-state index contributed by atoms with van der Waals surface area (Å²) in [6, 6.07) is 0. The van der Waals surface area contributed by atoms with Crippen molar-refractivity contribution >= 4 is 5.97 Å². The molecule has 3 heteroatoms. The van der Waals surface area contributed by atoms with Crippen molar-refractivity contribution in [3.05, 3.63) is 27.8 Å². The van der Waals surface area contributed by atoms with Crippen LogP contribution in [-0.2, 0) is 24.1 Å². The molecule has 0 spiro atoms. The molecule has 0 saturated heterocycles. The molecule has 0 amide bonds. The van der Waals surface area contributed by atoms with Crippen LogP contribution >= 0.6 is 0 Å². The van der Waals surface area contributed by atoms with E-state index in [1.807, 2.05) is 6.92 Å². The van der Waals surface area contributed by atoms with Crippen LogP contribution in [0.25, 0.3) is 0 Å². The summed E-state index contributed by atoms with van der Waals surface area (Å²) in [5, 5.41) is 19.1. The molecule has 0 saturated carbocycles. The third kappa shape index (κ3) is 2.75. The molecule has 0 aromatic heterocycles. The van der Waals surface area contributed by atoms with Crippen molar-refractivity contribution in [1.82, 2.24) is 0 Å². The van der Waals surface area contributed by atoms with E-state index in [4.69, 9.17) is 5.11 Å². The summed E-state index contributed by atoms with van der Waals surface area (Å²) in [4.78, 5) is 10.6. The predicted molar refractivity (Wildman–Crippen MR) is 74.8 cm³/mol. The van der Waals surface area contributed by atoms with Crippen LogP contribution in [0.2, 0.25) is 0 Å². The van der Waals surface area contributed by atoms with Crippen LogP contribution in [0, 0.1) is 13.8 Å². The van der Waals surface area contributed by atoms with Gasteiger partial charge < -0.3 is 10.2 Å². The van der Waals surface area contributed by atoms with Crippen LogP contribution in [-0.4, -0.2) is 16.2 Å². The van der Waals surface area contributed by atoms with Gasteiger partial charge in [0.1, 0.15) is 5.75 Å². The molecule has 3 nitrogen and oxygen atoms in total. The Labute approximate surface area is 114 Å². The van der Waals surface area contributed by atoms with Crippen molar-refractivity contribution in [1.29, 1.82) is 0 Å². The first-order valence-electron chi connectivity index (χ1n) is 7.07. The van der Waals surface area contributed by atoms with Crippen molar-refractivity contribution in [3.8, 4) is 5.75 Å². The molecule has 0 radical (unpaired) electrons. The minimum Gasteiger partial charge on any atom is -0.507 e. The third-order valence-corrected chi connectivity index (χ3v) is 4.28. The molecular weight excluding hydrogens is 240 g/mol. The van der Waals surface area contributed by atoms with Crippen molar-refractivity contribution in [2.45, 2.75) is 58.8 Å². The molecule has 2 rings (SSSR count). The highest BCUT2D eigenvalue weighted by molar-refractivity contribution is 5.66. The second-order valence-corrected chi connectivity index (χ2v) is 5.49. The smallest absolute Gasteiger partial charge is 0.303 e. The fraction of sp³-hybridized carbons (Fsp3) is 0.562. The Bertz CT molecular complexity index is 503. The van der Waals surface area contributed by atoms with Crippen molar-refractivity contribution in [3.63, 3.8) is 0 Å². The number of phenols is 1. The lowest BCUT2D eigenvalue weighted by molar-refractivity contribution is -0.137. The van der Waals surface area contributed by atoms with Gasteiger partial charge in [0.15, 0.2) is 0 Å². The van der Waals surface area contributed by atoms with Gasteiger partial charge in [-0.2, -0.15) is 0 Å². The zero-order chi connectivity index (χ0) is 14.0. The second kappa shape index (κ2) is 5.64. The Morgan fingerprint density at radius 3 is 2.26 bits per heavy atom. The van der Waals surface area contributed by atoms with E-state index in [1.54, 1.807) is 0 Å². The maximum atomic E-state index is 10.6. The van der Waals surface area contributed by atoms with Crippen LogP contribution in [0.3, 0.4) is 0 Å². The third-order valence-electron chi connectivity index (χ3n) is 4.28. The summed E-state index contributed by atoms with van der Waals surface area (Å²) >= 11 is 0. The molecular formula is C16H22O3. The molecule has 0 atom stereocenters. The van der Waals surface area contributed by atoms with Crippen LogP contribution < -0.4 is 0 Å². The highest BCUT2D eigenvalue weighted by Crippen LogP contribution is 2.37. The van der Waals surface area contributed by atoms with Gasteiger partial charge in [0.2, 0.25) is 0 Å². The van der Waals surface area contributed by atoms with Gasteiger partial charge >= 0.3 is 5.97 Å². The number of phenolic OH excluding ortho intramolecular Hbond substituents is 1. The molecule has 19 heavy (non-hydrogen) atoms. The first kappa shape index (κ1) is 13.9. The lowest BCUT2D eigenvalue weighted by Gasteiger charge is -2.24. The largest absolute Gasteiger partial charge is 0.507 e. The maximum Gasteiger partial charge on any atom is 0.303 e. The van der Waals surface area contributed by atoms with Crippen molar-refractivity contribution in [2.24, 2.45) is 0 Å². The molecule has 104 valence electrons. The Hall–Kier alpha value is -1.51. The van der Waals surface area contributed by atoms with Crippen LogP contribution in [0.5, 0.6) is 5.75 Å². The van der Waals surface area contributed by atoms with E-state index in [0.717, 1.165) is 24.0 Å². The van der Waals surface area contributed by atoms with E-state index in [0.29, 0.717) is 18.6 Å². The maximum absolute atomic E-state index is 10.6. The number of carbonyl (C=O) groups is 1. The van der Waals surface area contributed by atoms with Gasteiger partial charge in [-0.1, -0.05) is 0 Å². The molecule has 1 aromatic rings. The Morgan fingerprint density at radius 1 is 1.11 bits per heavy atom. The minimum absolute atomic E-state index is 0.162. The van der Waals surface area contributed by atoms with E-state index < -0.39 is 5.97 Å². The first-order chi connectivity index (χ1) is 9.02. The summed E-state index contributed by atoms with van der Waals surface area (Å²) in [5.74, 6) is -0.379. The molecule has 2 N–H and O–H groups in total. The average molecular weight is 262 g/mol. The van der Waals surface area contributed by atoms with E-state index in [1.165, 1.54) is 29.5 Å². The number of rotatable bonds is 4. The van der Waals surface area contributed by atoms with Crippen LogP contribution in [0.15, 0.2) is 0 Å². The number of aromatic hydroxyl groups is 1. The number of carboxylic acid groups (broad SMARTS) is 1. The number of fused-ring (bicyclic) bond motifs is 1. The minimum atomic E-state index is -0.771. The topological polar surface area (TPSA) is 57.5 Å². The van der Waals surface area contributed by atoms with Crippen LogP contribution in [0.4, 0.5) is 0 Å². The van der Waals surface area contributed by atoms with Crippen LogP contribution in [0.1, 0.15) is 53.5 Å². The number of hydrogen-bond acceptors (Lipinski definition) is 2. The van der Waals surface area contributed by atoms with E-state index in [-0.39, 0.29) is 6.42 Å². The van der Waals surface area contributed by atoms with Gasteiger partial charge in [0.05, 0.1) is 0 Å². The Balaban J connectivity index is 2.33. The monoisotopic (exact) mass is 262 g/mol. The average Bonchev–Trinajstić information content (AvgIpc) is 2.40. The molecule has 0 bridgehead atoms. The lowest BCUT2D eigenvalue weighted by Crippen LogP contribution is -2.10. The van der Waals surface area contributed by atoms with Gasteiger partial charge in [-0.05, 0) is 80.2 Å². The van der Waals surface area contributed by atoms with Gasteiger partial charge in [0, 0.05) is 6.42 Å². The quantitative estimate of drug-likeness (QED) is 0.875. The Morgan fingerprint density at radius 2 is 1.68 bits per heavy atom. The summed E-state index contributed by atoms with van der Waals surface area (Å²) in [7, 11) is 0. The van der Waals surface area contributed by atoms with E-state index in [9.17, 15) is 9.90 Å². The van der Waals surface area contributed by atoms with Gasteiger partial charge in [-0.15, -0.1) is 0 Å². The zero-order valence-electron chi connectivity index (χ0n) is 11.8. The summed E-state index contributed by atoms with van der Waals surface area (Å²) < 4.78 is 0. The standard InChI is InChI=1S/C16H22O3/c1-10-12-6-3-4-7-13(12)11(2)16(19)14(10)8-5-9-15(17)18/h19H,3-9H2,1-2H3,(H,17,18). The highest BCUT2D eigenvalue weighted by Gasteiger charge is 2.20. The SMILES string of the molecule is Cc1c(O)c(CCCC(=O)O)c(C)c2c1CCCC2. The fourth-order valence-electron chi connectivity index (χ4n) is 3.18. The molecule has 0 heterocycles. The first-order valence-corrected chi connectivity index (χ1v) is 7.07. The summed E-state index contributed by atoms with van der Waals surface area (Å²) in [6.45, 7) is 4.05. The molecule has 0 unspecified atom stereocenters. The van der Waals surface area contributed by atoms with Gasteiger partial charge in [-0.3, -0.25) is 4.79 Å². The number of carboxylic acids is 1. The molecule has 0 fully saturated rings. The van der Waals surface area contributed by atoms with E-state index >= 15 is 0 Å². The lowest BCUT2D eigenvalue weighted by atomic mass is 9.82. The normalized spacial score (nSPS) is 14.2. The van der Waals surface area contributed by atoms with E-state index in [2.05, 4.69) is 6.92 Å². The summed E-state index contributed by atoms with van der Waals surface area (Å²) in [6.07, 6.45) is 5.96. The fourth-order valence-corrected chi connectivity index (χ4v) is 3.18. The second-order valence-electron chi connectivity index (χ2n) is 5.49. The number of hydrogen-bond donors (Lipinski definition) is 2. The van der Waals surface area contributed by atoms with Crippen molar-refractivity contribution in [2.75, 3.05) is 0 Å².